The molecule has 0 bridgehead atoms. The number of likely N-dealkylation sites (N-methyl/N-ethyl adjacent to an activating group) is 1. The van der Waals surface area contributed by atoms with Crippen molar-refractivity contribution in [1.29, 1.82) is 5.41 Å². The summed E-state index contributed by atoms with van der Waals surface area (Å²) in [5.41, 5.74) is 4.69. The lowest BCUT2D eigenvalue weighted by Crippen LogP contribution is -2.26. The van der Waals surface area contributed by atoms with Gasteiger partial charge in [0.05, 0.1) is 0 Å². The SMILES string of the molecule is CCCN(C)CCNc1ccc(-n2ccc(CCc3ccc4ccccc4c3)cc2=O)cc1C=N. The van der Waals surface area contributed by atoms with E-state index in [2.05, 4.69) is 66.7 Å². The molecule has 0 aliphatic carbocycles. The lowest BCUT2D eigenvalue weighted by Gasteiger charge is -2.17. The summed E-state index contributed by atoms with van der Waals surface area (Å²) in [6.07, 6.45) is 6.02. The number of pyridine rings is 1. The standard InChI is InChI=1S/C30H34N4O/c1-3-16-33(2)18-15-32-29-13-12-28(21-27(29)22-31)34-17-14-24(20-30(34)35)9-8-23-10-11-25-6-4-5-7-26(25)19-23/h4-7,10-14,17,19-22,31-32H,3,8-9,15-16,18H2,1-2H3. The van der Waals surface area contributed by atoms with Crippen LogP contribution in [0.4, 0.5) is 5.69 Å². The lowest BCUT2D eigenvalue weighted by molar-refractivity contribution is 0.348. The zero-order valence-electron chi connectivity index (χ0n) is 20.6. The van der Waals surface area contributed by atoms with Gasteiger partial charge in [-0.3, -0.25) is 9.36 Å². The largest absolute Gasteiger partial charge is 0.383 e. The van der Waals surface area contributed by atoms with Gasteiger partial charge in [-0.1, -0.05) is 49.4 Å². The summed E-state index contributed by atoms with van der Waals surface area (Å²) in [5.74, 6) is 0. The van der Waals surface area contributed by atoms with Crippen molar-refractivity contribution < 1.29 is 0 Å². The van der Waals surface area contributed by atoms with Gasteiger partial charge in [-0.15, -0.1) is 0 Å². The van der Waals surface area contributed by atoms with Crippen molar-refractivity contribution in [3.05, 3.63) is 106 Å². The molecular weight excluding hydrogens is 432 g/mol. The van der Waals surface area contributed by atoms with Gasteiger partial charge in [-0.05, 0) is 79.0 Å². The van der Waals surface area contributed by atoms with Crippen LogP contribution >= 0.6 is 0 Å². The van der Waals surface area contributed by atoms with Crippen molar-refractivity contribution in [3.8, 4) is 5.69 Å². The molecule has 0 aliphatic rings. The Bertz CT molecular complexity index is 1360. The molecule has 0 spiro atoms. The fourth-order valence-electron chi connectivity index (χ4n) is 4.43. The van der Waals surface area contributed by atoms with E-state index in [4.69, 9.17) is 5.41 Å². The number of nitrogens with one attached hydrogen (secondary N) is 2. The van der Waals surface area contributed by atoms with Crippen molar-refractivity contribution in [2.45, 2.75) is 26.2 Å². The third kappa shape index (κ3) is 6.25. The third-order valence-corrected chi connectivity index (χ3v) is 6.38. The van der Waals surface area contributed by atoms with Crippen molar-refractivity contribution in [3.63, 3.8) is 0 Å². The van der Waals surface area contributed by atoms with Crippen LogP contribution in [0.2, 0.25) is 0 Å². The maximum absolute atomic E-state index is 12.9. The van der Waals surface area contributed by atoms with Crippen LogP contribution in [0.5, 0.6) is 0 Å². The van der Waals surface area contributed by atoms with Crippen molar-refractivity contribution in [2.75, 3.05) is 32.0 Å². The topological polar surface area (TPSA) is 61.1 Å². The Balaban J connectivity index is 1.43. The summed E-state index contributed by atoms with van der Waals surface area (Å²) in [4.78, 5) is 15.2. The molecule has 0 radical (unpaired) electrons. The van der Waals surface area contributed by atoms with Crippen molar-refractivity contribution >= 4 is 22.7 Å². The van der Waals surface area contributed by atoms with Gasteiger partial charge in [0.15, 0.2) is 0 Å². The first-order chi connectivity index (χ1) is 17.1. The summed E-state index contributed by atoms with van der Waals surface area (Å²) >= 11 is 0. The molecule has 5 heteroatoms. The van der Waals surface area contributed by atoms with Gasteiger partial charge < -0.3 is 15.6 Å². The molecule has 0 aliphatic heterocycles. The molecule has 4 aromatic rings. The summed E-state index contributed by atoms with van der Waals surface area (Å²) in [7, 11) is 2.11. The molecule has 180 valence electrons. The smallest absolute Gasteiger partial charge is 0.255 e. The second kappa shape index (κ2) is 11.6. The van der Waals surface area contributed by atoms with E-state index in [9.17, 15) is 4.79 Å². The number of anilines is 1. The van der Waals surface area contributed by atoms with Crippen LogP contribution in [0.3, 0.4) is 0 Å². The van der Waals surface area contributed by atoms with Crippen LogP contribution in [0.15, 0.2) is 83.8 Å². The highest BCUT2D eigenvalue weighted by Crippen LogP contribution is 2.19. The van der Waals surface area contributed by atoms with Crippen molar-refractivity contribution in [1.82, 2.24) is 9.47 Å². The van der Waals surface area contributed by atoms with Crippen LogP contribution in [-0.2, 0) is 12.8 Å². The molecule has 35 heavy (non-hydrogen) atoms. The molecule has 0 atom stereocenters. The molecule has 0 saturated heterocycles. The maximum atomic E-state index is 12.9. The lowest BCUT2D eigenvalue weighted by atomic mass is 10.0. The van der Waals surface area contributed by atoms with Crippen LogP contribution in [0, 0.1) is 5.41 Å². The Kier molecular flexibility index (Phi) is 8.11. The van der Waals surface area contributed by atoms with E-state index in [1.54, 1.807) is 10.6 Å². The average molecular weight is 467 g/mol. The number of hydrogen-bond donors (Lipinski definition) is 2. The van der Waals surface area contributed by atoms with E-state index >= 15 is 0 Å². The molecule has 3 aromatic carbocycles. The van der Waals surface area contributed by atoms with E-state index in [1.165, 1.54) is 22.6 Å². The molecule has 1 aromatic heterocycles. The summed E-state index contributed by atoms with van der Waals surface area (Å²) < 4.78 is 1.64. The Hall–Kier alpha value is -3.70. The molecule has 0 unspecified atom stereocenters. The molecule has 4 rings (SSSR count). The molecule has 1 heterocycles. The van der Waals surface area contributed by atoms with Gasteiger partial charge in [0.1, 0.15) is 0 Å². The van der Waals surface area contributed by atoms with Gasteiger partial charge >= 0.3 is 0 Å². The second-order valence-electron chi connectivity index (χ2n) is 9.07. The fraction of sp³-hybridized carbons (Fsp3) is 0.267. The van der Waals surface area contributed by atoms with Crippen LogP contribution < -0.4 is 10.9 Å². The van der Waals surface area contributed by atoms with Gasteiger partial charge in [-0.2, -0.15) is 0 Å². The highest BCUT2D eigenvalue weighted by molar-refractivity contribution is 5.87. The first-order valence-corrected chi connectivity index (χ1v) is 12.3. The first-order valence-electron chi connectivity index (χ1n) is 12.3. The number of nitrogens with zero attached hydrogens (tertiary/aromatic N) is 2. The molecule has 0 saturated carbocycles. The zero-order chi connectivity index (χ0) is 24.6. The van der Waals surface area contributed by atoms with Gasteiger partial charge in [0, 0.05) is 48.5 Å². The Morgan fingerprint density at radius 2 is 1.69 bits per heavy atom. The predicted molar refractivity (Wildman–Crippen MR) is 148 cm³/mol. The van der Waals surface area contributed by atoms with E-state index in [1.807, 2.05) is 30.5 Å². The molecular formula is C30H34N4O. The Morgan fingerprint density at radius 3 is 2.43 bits per heavy atom. The summed E-state index contributed by atoms with van der Waals surface area (Å²) in [6.45, 7) is 4.99. The minimum Gasteiger partial charge on any atom is -0.383 e. The van der Waals surface area contributed by atoms with Crippen LogP contribution in [0.25, 0.3) is 16.5 Å². The number of rotatable bonds is 11. The molecule has 0 fully saturated rings. The molecule has 2 N–H and O–H groups in total. The maximum Gasteiger partial charge on any atom is 0.255 e. The number of aryl methyl sites for hydroxylation is 2. The Labute approximate surface area is 207 Å². The van der Waals surface area contributed by atoms with E-state index in [0.29, 0.717) is 0 Å². The van der Waals surface area contributed by atoms with E-state index in [-0.39, 0.29) is 5.56 Å². The first kappa shape index (κ1) is 24.4. The normalized spacial score (nSPS) is 11.2. The highest BCUT2D eigenvalue weighted by atomic mass is 16.1. The van der Waals surface area contributed by atoms with Crippen LogP contribution in [-0.4, -0.2) is 42.4 Å². The minimum atomic E-state index is -0.0566. The summed E-state index contributed by atoms with van der Waals surface area (Å²) in [6, 6.07) is 24.4. The number of benzene rings is 3. The number of fused-ring (bicyclic) bond motifs is 1. The minimum absolute atomic E-state index is 0.0566. The van der Waals surface area contributed by atoms with E-state index in [0.717, 1.165) is 61.4 Å². The number of aromatic nitrogens is 1. The zero-order valence-corrected chi connectivity index (χ0v) is 20.6. The van der Waals surface area contributed by atoms with Crippen LogP contribution in [0.1, 0.15) is 30.0 Å². The van der Waals surface area contributed by atoms with Crippen molar-refractivity contribution in [2.24, 2.45) is 0 Å². The second-order valence-corrected chi connectivity index (χ2v) is 9.07. The van der Waals surface area contributed by atoms with E-state index < -0.39 is 0 Å². The Morgan fingerprint density at radius 1 is 0.914 bits per heavy atom. The monoisotopic (exact) mass is 466 g/mol. The number of hydrogen-bond acceptors (Lipinski definition) is 4. The van der Waals surface area contributed by atoms with Gasteiger partial charge in [0.25, 0.3) is 5.56 Å². The quantitative estimate of drug-likeness (QED) is 0.286. The van der Waals surface area contributed by atoms with Gasteiger partial charge in [-0.25, -0.2) is 0 Å². The predicted octanol–water partition coefficient (Wildman–Crippen LogP) is 5.53. The fourth-order valence-corrected chi connectivity index (χ4v) is 4.43. The summed E-state index contributed by atoms with van der Waals surface area (Å²) in [5, 5.41) is 13.7. The van der Waals surface area contributed by atoms with Gasteiger partial charge in [0.2, 0.25) is 0 Å². The molecule has 5 nitrogen and oxygen atoms in total. The third-order valence-electron chi connectivity index (χ3n) is 6.38. The highest BCUT2D eigenvalue weighted by Gasteiger charge is 2.07. The molecule has 0 amide bonds. The average Bonchev–Trinajstić information content (AvgIpc) is 2.88.